The van der Waals surface area contributed by atoms with Crippen LogP contribution in [0.3, 0.4) is 0 Å². The van der Waals surface area contributed by atoms with E-state index in [1.807, 2.05) is 19.9 Å². The maximum Gasteiger partial charge on any atom is 0.309 e. The predicted octanol–water partition coefficient (Wildman–Crippen LogP) is 5.68. The second kappa shape index (κ2) is 6.95. The van der Waals surface area contributed by atoms with E-state index in [1.54, 1.807) is 0 Å². The Labute approximate surface area is 154 Å². The molecule has 26 heavy (non-hydrogen) atoms. The largest absolute Gasteiger partial charge is 0.463 e. The summed E-state index contributed by atoms with van der Waals surface area (Å²) in [6, 6.07) is 25.5. The van der Waals surface area contributed by atoms with Gasteiger partial charge in [-0.3, -0.25) is 4.79 Å². The van der Waals surface area contributed by atoms with Crippen LogP contribution in [0.4, 0.5) is 0 Å². The molecule has 2 nitrogen and oxygen atoms in total. The first-order valence-electron chi connectivity index (χ1n) is 9.37. The first-order valence-corrected chi connectivity index (χ1v) is 9.37. The highest BCUT2D eigenvalue weighted by molar-refractivity contribution is 5.84. The van der Waals surface area contributed by atoms with Crippen molar-refractivity contribution < 1.29 is 9.53 Å². The van der Waals surface area contributed by atoms with Crippen LogP contribution >= 0.6 is 0 Å². The topological polar surface area (TPSA) is 26.3 Å². The third-order valence-corrected chi connectivity index (χ3v) is 5.42. The second-order valence-corrected chi connectivity index (χ2v) is 7.48. The van der Waals surface area contributed by atoms with E-state index in [2.05, 4.69) is 66.7 Å². The van der Waals surface area contributed by atoms with Crippen molar-refractivity contribution in [2.45, 2.75) is 38.2 Å². The minimum atomic E-state index is -0.0736. The summed E-state index contributed by atoms with van der Waals surface area (Å²) in [5.74, 6) is 0.407. The van der Waals surface area contributed by atoms with E-state index in [0.29, 0.717) is 5.92 Å². The van der Waals surface area contributed by atoms with Gasteiger partial charge in [-0.2, -0.15) is 0 Å². The van der Waals surface area contributed by atoms with Crippen molar-refractivity contribution in [3.8, 4) is 0 Å². The molecule has 0 aliphatic heterocycles. The van der Waals surface area contributed by atoms with Gasteiger partial charge < -0.3 is 4.74 Å². The third kappa shape index (κ3) is 3.12. The van der Waals surface area contributed by atoms with Crippen molar-refractivity contribution in [3.05, 3.63) is 83.9 Å². The molecule has 0 saturated heterocycles. The lowest BCUT2D eigenvalue weighted by molar-refractivity contribution is -0.157. The Morgan fingerprint density at radius 1 is 0.885 bits per heavy atom. The van der Waals surface area contributed by atoms with Gasteiger partial charge in [-0.05, 0) is 48.1 Å². The van der Waals surface area contributed by atoms with Crippen molar-refractivity contribution in [3.63, 3.8) is 0 Å². The fraction of sp³-hybridized carbons (Fsp3) is 0.292. The molecule has 1 saturated carbocycles. The fourth-order valence-corrected chi connectivity index (χ4v) is 4.14. The zero-order valence-electron chi connectivity index (χ0n) is 15.3. The quantitative estimate of drug-likeness (QED) is 0.569. The Morgan fingerprint density at radius 3 is 2.31 bits per heavy atom. The van der Waals surface area contributed by atoms with Crippen LogP contribution in [0.15, 0.2) is 72.8 Å². The normalized spacial score (nSPS) is 22.2. The summed E-state index contributed by atoms with van der Waals surface area (Å²) in [4.78, 5) is 12.6. The number of ether oxygens (including phenoxy) is 1. The van der Waals surface area contributed by atoms with Crippen LogP contribution in [0.25, 0.3) is 10.8 Å². The maximum atomic E-state index is 12.6. The van der Waals surface area contributed by atoms with Gasteiger partial charge in [0.05, 0.1) is 12.0 Å². The molecular weight excluding hydrogens is 320 g/mol. The summed E-state index contributed by atoms with van der Waals surface area (Å²) in [5, 5.41) is 2.45. The fourth-order valence-electron chi connectivity index (χ4n) is 4.14. The number of rotatable bonds is 4. The van der Waals surface area contributed by atoms with Crippen LogP contribution < -0.4 is 0 Å². The highest BCUT2D eigenvalue weighted by Gasteiger charge is 2.47. The van der Waals surface area contributed by atoms with Crippen molar-refractivity contribution >= 4 is 16.7 Å². The average molecular weight is 344 g/mol. The summed E-state index contributed by atoms with van der Waals surface area (Å²) in [6.07, 6.45) is 0.781. The highest BCUT2D eigenvalue weighted by atomic mass is 16.5. The van der Waals surface area contributed by atoms with Gasteiger partial charge in [-0.15, -0.1) is 0 Å². The number of benzene rings is 3. The molecule has 0 amide bonds. The SMILES string of the molecule is CC(C)OC(=O)[C@@H]1CC(c2ccccc2)[C@H]1c1ccc2ccccc2c1. The number of hydrogen-bond donors (Lipinski definition) is 0. The Bertz CT molecular complexity index is 914. The Kier molecular flexibility index (Phi) is 4.50. The zero-order valence-corrected chi connectivity index (χ0v) is 15.3. The predicted molar refractivity (Wildman–Crippen MR) is 105 cm³/mol. The second-order valence-electron chi connectivity index (χ2n) is 7.48. The van der Waals surface area contributed by atoms with Crippen molar-refractivity contribution in [2.75, 3.05) is 0 Å². The van der Waals surface area contributed by atoms with E-state index in [0.717, 1.165) is 6.42 Å². The van der Waals surface area contributed by atoms with Gasteiger partial charge in [0.2, 0.25) is 0 Å². The lowest BCUT2D eigenvalue weighted by atomic mass is 9.59. The minimum absolute atomic E-state index is 0.0645. The van der Waals surface area contributed by atoms with Crippen molar-refractivity contribution in [2.24, 2.45) is 5.92 Å². The minimum Gasteiger partial charge on any atom is -0.463 e. The van der Waals surface area contributed by atoms with Gasteiger partial charge in [-0.1, -0.05) is 72.8 Å². The van der Waals surface area contributed by atoms with Crippen LogP contribution in [0, 0.1) is 5.92 Å². The van der Waals surface area contributed by atoms with E-state index < -0.39 is 0 Å². The molecule has 4 rings (SSSR count). The first kappa shape index (κ1) is 16.8. The number of esters is 1. The first-order chi connectivity index (χ1) is 12.6. The monoisotopic (exact) mass is 344 g/mol. The standard InChI is InChI=1S/C24H24O2/c1-16(2)26-24(25)22-15-21(18-9-4-3-5-10-18)23(22)20-13-12-17-8-6-7-11-19(17)14-20/h3-14,16,21-23H,15H2,1-2H3/t21?,22-,23-/m1/s1. The molecule has 1 unspecified atom stereocenters. The smallest absolute Gasteiger partial charge is 0.309 e. The molecular formula is C24H24O2. The lowest BCUT2D eigenvalue weighted by Crippen LogP contribution is -2.40. The van der Waals surface area contributed by atoms with E-state index in [-0.39, 0.29) is 23.9 Å². The van der Waals surface area contributed by atoms with E-state index in [1.165, 1.54) is 21.9 Å². The van der Waals surface area contributed by atoms with Crippen LogP contribution in [-0.4, -0.2) is 12.1 Å². The molecule has 0 heterocycles. The van der Waals surface area contributed by atoms with Crippen molar-refractivity contribution in [1.29, 1.82) is 0 Å². The molecule has 1 aliphatic rings. The summed E-state index contributed by atoms with van der Waals surface area (Å²) in [6.45, 7) is 3.83. The summed E-state index contributed by atoms with van der Waals surface area (Å²) >= 11 is 0. The third-order valence-electron chi connectivity index (χ3n) is 5.42. The van der Waals surface area contributed by atoms with Gasteiger partial charge in [-0.25, -0.2) is 0 Å². The molecule has 0 spiro atoms. The van der Waals surface area contributed by atoms with Gasteiger partial charge in [0.15, 0.2) is 0 Å². The van der Waals surface area contributed by atoms with Gasteiger partial charge in [0, 0.05) is 5.92 Å². The molecule has 3 aromatic carbocycles. The van der Waals surface area contributed by atoms with Crippen LogP contribution in [0.1, 0.15) is 43.2 Å². The Balaban J connectivity index is 1.70. The molecule has 1 aliphatic carbocycles. The molecule has 0 bridgehead atoms. The lowest BCUT2D eigenvalue weighted by Gasteiger charge is -2.44. The van der Waals surface area contributed by atoms with E-state index in [9.17, 15) is 4.79 Å². The van der Waals surface area contributed by atoms with Crippen LogP contribution in [-0.2, 0) is 9.53 Å². The van der Waals surface area contributed by atoms with Crippen molar-refractivity contribution in [1.82, 2.24) is 0 Å². The number of carbonyl (C=O) groups excluding carboxylic acids is 1. The Morgan fingerprint density at radius 2 is 1.58 bits per heavy atom. The summed E-state index contributed by atoms with van der Waals surface area (Å²) in [5.41, 5.74) is 2.54. The molecule has 1 fully saturated rings. The molecule has 2 heteroatoms. The maximum absolute atomic E-state index is 12.6. The molecule has 132 valence electrons. The molecule has 3 aromatic rings. The molecule has 0 aromatic heterocycles. The summed E-state index contributed by atoms with van der Waals surface area (Å²) < 4.78 is 5.54. The molecule has 3 atom stereocenters. The zero-order chi connectivity index (χ0) is 18.1. The highest BCUT2D eigenvalue weighted by Crippen LogP contribution is 2.54. The number of hydrogen-bond acceptors (Lipinski definition) is 2. The molecule has 0 N–H and O–H groups in total. The Hall–Kier alpha value is -2.61. The van der Waals surface area contributed by atoms with E-state index >= 15 is 0 Å². The van der Waals surface area contributed by atoms with E-state index in [4.69, 9.17) is 4.74 Å². The summed E-state index contributed by atoms with van der Waals surface area (Å²) in [7, 11) is 0. The number of fused-ring (bicyclic) bond motifs is 1. The average Bonchev–Trinajstić information content (AvgIpc) is 2.61. The molecule has 0 radical (unpaired) electrons. The van der Waals surface area contributed by atoms with Gasteiger partial charge >= 0.3 is 5.97 Å². The number of carbonyl (C=O) groups is 1. The van der Waals surface area contributed by atoms with Crippen LogP contribution in [0.2, 0.25) is 0 Å². The van der Waals surface area contributed by atoms with Crippen LogP contribution in [0.5, 0.6) is 0 Å². The van der Waals surface area contributed by atoms with Gasteiger partial charge in [0.1, 0.15) is 0 Å². The van der Waals surface area contributed by atoms with Gasteiger partial charge in [0.25, 0.3) is 0 Å².